The lowest BCUT2D eigenvalue weighted by atomic mass is 10.2. The summed E-state index contributed by atoms with van der Waals surface area (Å²) < 4.78 is 0. The summed E-state index contributed by atoms with van der Waals surface area (Å²) in [5.41, 5.74) is 1.07. The van der Waals surface area contributed by atoms with E-state index in [-0.39, 0.29) is 5.69 Å². The molecule has 2 N–H and O–H groups in total. The number of nitrogens with one attached hydrogen (secondary N) is 1. The van der Waals surface area contributed by atoms with Gasteiger partial charge in [0.05, 0.1) is 6.54 Å². The van der Waals surface area contributed by atoms with Crippen molar-refractivity contribution in [1.29, 1.82) is 0 Å². The number of aryl methyl sites for hydroxylation is 1. The number of anilines is 1. The van der Waals surface area contributed by atoms with E-state index in [1.54, 1.807) is 0 Å². The van der Waals surface area contributed by atoms with Crippen LogP contribution in [0.4, 0.5) is 5.82 Å². The largest absolute Gasteiger partial charge is 0.476 e. The third-order valence-electron chi connectivity index (χ3n) is 2.42. The summed E-state index contributed by atoms with van der Waals surface area (Å²) in [7, 11) is 0. The first-order valence-electron chi connectivity index (χ1n) is 5.91. The Morgan fingerprint density at radius 3 is 3.00 bits per heavy atom. The van der Waals surface area contributed by atoms with Gasteiger partial charge in [-0.05, 0) is 6.42 Å². The number of thiazole rings is 1. The van der Waals surface area contributed by atoms with Gasteiger partial charge in [-0.2, -0.15) is 0 Å². The normalized spacial score (nSPS) is 10.4. The molecule has 100 valence electrons. The fourth-order valence-corrected chi connectivity index (χ4v) is 2.25. The molecule has 0 bridgehead atoms. The van der Waals surface area contributed by atoms with Crippen molar-refractivity contribution < 1.29 is 9.90 Å². The zero-order valence-electron chi connectivity index (χ0n) is 10.5. The van der Waals surface area contributed by atoms with Gasteiger partial charge in [-0.3, -0.25) is 0 Å². The van der Waals surface area contributed by atoms with E-state index in [0.717, 1.165) is 24.4 Å². The molecule has 0 aromatic carbocycles. The summed E-state index contributed by atoms with van der Waals surface area (Å²) in [5, 5.41) is 14.1. The van der Waals surface area contributed by atoms with E-state index in [1.807, 2.05) is 6.07 Å². The quantitative estimate of drug-likeness (QED) is 0.842. The van der Waals surface area contributed by atoms with E-state index in [1.165, 1.54) is 23.0 Å². The molecular formula is C12H14N4O2S. The molecule has 0 aliphatic carbocycles. The van der Waals surface area contributed by atoms with Gasteiger partial charge in [0.2, 0.25) is 0 Å². The lowest BCUT2D eigenvalue weighted by Crippen LogP contribution is -2.04. The van der Waals surface area contributed by atoms with Gasteiger partial charge in [0, 0.05) is 17.1 Å². The van der Waals surface area contributed by atoms with Crippen LogP contribution >= 0.6 is 11.3 Å². The van der Waals surface area contributed by atoms with Gasteiger partial charge in [0.25, 0.3) is 0 Å². The number of carboxylic acids is 1. The Bertz CT molecular complexity index is 570. The summed E-state index contributed by atoms with van der Waals surface area (Å²) in [4.78, 5) is 23.0. The number of carbonyl (C=O) groups is 1. The maximum Gasteiger partial charge on any atom is 0.355 e. The molecule has 0 saturated heterocycles. The van der Waals surface area contributed by atoms with Gasteiger partial charge in [-0.25, -0.2) is 19.7 Å². The average molecular weight is 278 g/mol. The minimum absolute atomic E-state index is 0.0798. The van der Waals surface area contributed by atoms with E-state index < -0.39 is 5.97 Å². The minimum atomic E-state index is -1.00. The second-order valence-corrected chi connectivity index (χ2v) is 4.87. The molecule has 19 heavy (non-hydrogen) atoms. The van der Waals surface area contributed by atoms with Crippen LogP contribution in [0.1, 0.15) is 34.5 Å². The van der Waals surface area contributed by atoms with Crippen molar-refractivity contribution in [1.82, 2.24) is 15.0 Å². The Morgan fingerprint density at radius 1 is 1.47 bits per heavy atom. The lowest BCUT2D eigenvalue weighted by molar-refractivity contribution is 0.0691. The van der Waals surface area contributed by atoms with Crippen LogP contribution in [0.3, 0.4) is 0 Å². The lowest BCUT2D eigenvalue weighted by Gasteiger charge is -2.04. The molecule has 2 aromatic heterocycles. The smallest absolute Gasteiger partial charge is 0.355 e. The molecule has 6 nitrogen and oxygen atoms in total. The molecule has 0 unspecified atom stereocenters. The molecule has 0 spiro atoms. The summed E-state index contributed by atoms with van der Waals surface area (Å²) >= 11 is 1.31. The van der Waals surface area contributed by atoms with Gasteiger partial charge < -0.3 is 10.4 Å². The van der Waals surface area contributed by atoms with E-state index >= 15 is 0 Å². The fourth-order valence-electron chi connectivity index (χ4n) is 1.54. The molecule has 0 saturated carbocycles. The van der Waals surface area contributed by atoms with Crippen LogP contribution < -0.4 is 5.32 Å². The standard InChI is InChI=1S/C12H14N4O2S/c1-2-3-8-4-10(15-7-14-8)13-5-11-16-9(6-19-11)12(17)18/h4,6-7H,2-3,5H2,1H3,(H,17,18)(H,13,14,15). The van der Waals surface area contributed by atoms with Crippen molar-refractivity contribution in [3.05, 3.63) is 34.2 Å². The monoisotopic (exact) mass is 278 g/mol. The Morgan fingerprint density at radius 2 is 2.32 bits per heavy atom. The van der Waals surface area contributed by atoms with E-state index in [2.05, 4.69) is 27.2 Å². The van der Waals surface area contributed by atoms with Crippen molar-refractivity contribution >= 4 is 23.1 Å². The van der Waals surface area contributed by atoms with Crippen LogP contribution in [0.2, 0.25) is 0 Å². The SMILES string of the molecule is CCCc1cc(NCc2nc(C(=O)O)cs2)ncn1. The third kappa shape index (κ3) is 3.72. The van der Waals surface area contributed by atoms with Crippen LogP contribution in [0, 0.1) is 0 Å². The number of hydrogen-bond donors (Lipinski definition) is 2. The number of nitrogens with zero attached hydrogens (tertiary/aromatic N) is 3. The fraction of sp³-hybridized carbons (Fsp3) is 0.333. The Hall–Kier alpha value is -2.02. The molecular weight excluding hydrogens is 264 g/mol. The third-order valence-corrected chi connectivity index (χ3v) is 3.27. The maximum absolute atomic E-state index is 10.7. The van der Waals surface area contributed by atoms with E-state index in [0.29, 0.717) is 11.6 Å². The minimum Gasteiger partial charge on any atom is -0.476 e. The number of hydrogen-bond acceptors (Lipinski definition) is 6. The first-order valence-corrected chi connectivity index (χ1v) is 6.79. The molecule has 0 radical (unpaired) electrons. The van der Waals surface area contributed by atoms with Crippen LogP contribution in [0.25, 0.3) is 0 Å². The van der Waals surface area contributed by atoms with Crippen molar-refractivity contribution in [2.24, 2.45) is 0 Å². The summed E-state index contributed by atoms with van der Waals surface area (Å²) in [5.74, 6) is -0.278. The molecule has 0 amide bonds. The molecule has 2 heterocycles. The molecule has 7 heteroatoms. The molecule has 0 aliphatic heterocycles. The topological polar surface area (TPSA) is 88.0 Å². The Balaban J connectivity index is 1.97. The summed E-state index contributed by atoms with van der Waals surface area (Å²) in [6.45, 7) is 2.55. The maximum atomic E-state index is 10.7. The highest BCUT2D eigenvalue weighted by atomic mass is 32.1. The highest BCUT2D eigenvalue weighted by Gasteiger charge is 2.08. The predicted molar refractivity (Wildman–Crippen MR) is 72.4 cm³/mol. The molecule has 0 aliphatic rings. The van der Waals surface area contributed by atoms with Gasteiger partial charge in [0.15, 0.2) is 5.69 Å². The zero-order valence-corrected chi connectivity index (χ0v) is 11.3. The van der Waals surface area contributed by atoms with Crippen molar-refractivity contribution in [3.63, 3.8) is 0 Å². The van der Waals surface area contributed by atoms with Crippen LogP contribution in [0.5, 0.6) is 0 Å². The predicted octanol–water partition coefficient (Wildman–Crippen LogP) is 2.20. The molecule has 2 rings (SSSR count). The molecule has 0 fully saturated rings. The second kappa shape index (κ2) is 6.24. The second-order valence-electron chi connectivity index (χ2n) is 3.93. The highest BCUT2D eigenvalue weighted by molar-refractivity contribution is 7.09. The van der Waals surface area contributed by atoms with Gasteiger partial charge in [-0.15, -0.1) is 11.3 Å². The van der Waals surface area contributed by atoms with Crippen molar-refractivity contribution in [2.75, 3.05) is 5.32 Å². The number of aromatic carboxylic acids is 1. The first kappa shape index (κ1) is 13.4. The van der Waals surface area contributed by atoms with Crippen molar-refractivity contribution in [2.45, 2.75) is 26.3 Å². The number of rotatable bonds is 6. The van der Waals surface area contributed by atoms with E-state index in [4.69, 9.17) is 5.11 Å². The number of carboxylic acid groups (broad SMARTS) is 1. The van der Waals surface area contributed by atoms with Gasteiger partial charge in [0.1, 0.15) is 17.2 Å². The van der Waals surface area contributed by atoms with Crippen LogP contribution in [-0.2, 0) is 13.0 Å². The Labute approximate surface area is 114 Å². The molecule has 0 atom stereocenters. The van der Waals surface area contributed by atoms with Gasteiger partial charge in [-0.1, -0.05) is 13.3 Å². The molecule has 2 aromatic rings. The zero-order chi connectivity index (χ0) is 13.7. The number of aromatic nitrogens is 3. The van der Waals surface area contributed by atoms with Gasteiger partial charge >= 0.3 is 5.97 Å². The summed E-state index contributed by atoms with van der Waals surface area (Å²) in [6.07, 6.45) is 3.47. The van der Waals surface area contributed by atoms with Crippen molar-refractivity contribution in [3.8, 4) is 0 Å². The highest BCUT2D eigenvalue weighted by Crippen LogP contribution is 2.12. The first-order chi connectivity index (χ1) is 9.19. The summed E-state index contributed by atoms with van der Waals surface area (Å²) in [6, 6.07) is 1.90. The van der Waals surface area contributed by atoms with Crippen LogP contribution in [-0.4, -0.2) is 26.0 Å². The average Bonchev–Trinajstić information content (AvgIpc) is 2.86. The van der Waals surface area contributed by atoms with Crippen LogP contribution in [0.15, 0.2) is 17.8 Å². The Kier molecular flexibility index (Phi) is 4.40. The van der Waals surface area contributed by atoms with E-state index in [9.17, 15) is 4.79 Å².